The van der Waals surface area contributed by atoms with Crippen molar-refractivity contribution < 1.29 is 4.74 Å². The Morgan fingerprint density at radius 3 is 2.53 bits per heavy atom. The van der Waals surface area contributed by atoms with Gasteiger partial charge in [0.2, 0.25) is 0 Å². The highest BCUT2D eigenvalue weighted by Gasteiger charge is 1.97. The van der Waals surface area contributed by atoms with E-state index in [4.69, 9.17) is 16.2 Å². The van der Waals surface area contributed by atoms with Gasteiger partial charge < -0.3 is 16.2 Å². The first-order valence-electron chi connectivity index (χ1n) is 5.91. The summed E-state index contributed by atoms with van der Waals surface area (Å²) in [7, 11) is 0. The van der Waals surface area contributed by atoms with Crippen LogP contribution in [0.25, 0.3) is 0 Å². The third-order valence-electron chi connectivity index (χ3n) is 2.48. The molecular formula is C14H16N4O. The van der Waals surface area contributed by atoms with Crippen molar-refractivity contribution >= 4 is 5.96 Å². The van der Waals surface area contributed by atoms with Gasteiger partial charge in [-0.2, -0.15) is 0 Å². The fourth-order valence-corrected chi connectivity index (χ4v) is 1.51. The molecule has 0 aliphatic carbocycles. The van der Waals surface area contributed by atoms with Crippen molar-refractivity contribution in [2.24, 2.45) is 16.5 Å². The Morgan fingerprint density at radius 2 is 1.89 bits per heavy atom. The average molecular weight is 256 g/mol. The van der Waals surface area contributed by atoms with E-state index in [0.29, 0.717) is 13.2 Å². The number of rotatable bonds is 5. The molecule has 1 aromatic carbocycles. The van der Waals surface area contributed by atoms with Crippen LogP contribution in [-0.2, 0) is 13.2 Å². The van der Waals surface area contributed by atoms with Gasteiger partial charge in [0, 0.05) is 6.20 Å². The van der Waals surface area contributed by atoms with E-state index >= 15 is 0 Å². The predicted molar refractivity (Wildman–Crippen MR) is 74.5 cm³/mol. The Hall–Kier alpha value is -2.56. The Morgan fingerprint density at radius 1 is 1.11 bits per heavy atom. The minimum Gasteiger partial charge on any atom is -0.487 e. The van der Waals surface area contributed by atoms with Crippen molar-refractivity contribution in [1.82, 2.24) is 4.98 Å². The lowest BCUT2D eigenvalue weighted by molar-refractivity contribution is 0.301. The van der Waals surface area contributed by atoms with Crippen LogP contribution in [0, 0.1) is 0 Å². The first-order valence-corrected chi connectivity index (χ1v) is 5.91. The lowest BCUT2D eigenvalue weighted by atomic mass is 10.2. The predicted octanol–water partition coefficient (Wildman–Crippen LogP) is 1.43. The number of aromatic nitrogens is 1. The molecule has 0 aliphatic heterocycles. The molecule has 2 aromatic rings. The van der Waals surface area contributed by atoms with Crippen LogP contribution in [0.4, 0.5) is 0 Å². The molecule has 0 radical (unpaired) electrons. The van der Waals surface area contributed by atoms with Crippen LogP contribution in [-0.4, -0.2) is 10.9 Å². The maximum Gasteiger partial charge on any atom is 0.186 e. The topological polar surface area (TPSA) is 86.5 Å². The average Bonchev–Trinajstić information content (AvgIpc) is 2.45. The highest BCUT2D eigenvalue weighted by molar-refractivity contribution is 5.75. The van der Waals surface area contributed by atoms with Crippen molar-refractivity contribution in [3.8, 4) is 5.75 Å². The lowest BCUT2D eigenvalue weighted by Crippen LogP contribution is -2.22. The summed E-state index contributed by atoms with van der Waals surface area (Å²) in [5.41, 5.74) is 12.5. The lowest BCUT2D eigenvalue weighted by Gasteiger charge is -2.06. The number of aliphatic imine (C=N–C) groups is 1. The first kappa shape index (κ1) is 12.9. The van der Waals surface area contributed by atoms with Gasteiger partial charge >= 0.3 is 0 Å². The molecule has 19 heavy (non-hydrogen) atoms. The van der Waals surface area contributed by atoms with E-state index in [9.17, 15) is 0 Å². The van der Waals surface area contributed by atoms with E-state index < -0.39 is 0 Å². The maximum absolute atomic E-state index is 5.62. The van der Waals surface area contributed by atoms with Crippen LogP contribution in [0.2, 0.25) is 0 Å². The number of hydrogen-bond donors (Lipinski definition) is 2. The van der Waals surface area contributed by atoms with Crippen molar-refractivity contribution in [3.63, 3.8) is 0 Å². The number of guanidine groups is 1. The normalized spacial score (nSPS) is 9.89. The molecule has 2 rings (SSSR count). The van der Waals surface area contributed by atoms with E-state index in [1.807, 2.05) is 42.5 Å². The smallest absolute Gasteiger partial charge is 0.186 e. The number of pyridine rings is 1. The minimum atomic E-state index is 0.0930. The number of nitrogens with two attached hydrogens (primary N) is 2. The molecule has 0 amide bonds. The number of ether oxygens (including phenoxy) is 1. The number of nitrogens with zero attached hydrogens (tertiary/aromatic N) is 2. The van der Waals surface area contributed by atoms with Crippen molar-refractivity contribution in [1.29, 1.82) is 0 Å². The molecule has 1 aromatic heterocycles. The molecule has 0 saturated carbocycles. The molecule has 0 fully saturated rings. The minimum absolute atomic E-state index is 0.0930. The standard InChI is InChI=1S/C14H16N4O/c15-14(16)18-9-11-4-6-13(7-5-11)19-10-12-3-1-2-8-17-12/h1-8H,9-10H2,(H4,15,16,18). The summed E-state index contributed by atoms with van der Waals surface area (Å²) in [4.78, 5) is 8.13. The van der Waals surface area contributed by atoms with Gasteiger partial charge in [-0.25, -0.2) is 4.99 Å². The second-order valence-electron chi connectivity index (χ2n) is 3.99. The van der Waals surface area contributed by atoms with E-state index in [1.54, 1.807) is 6.20 Å². The summed E-state index contributed by atoms with van der Waals surface area (Å²) in [5.74, 6) is 0.884. The van der Waals surface area contributed by atoms with Gasteiger partial charge in [0.05, 0.1) is 12.2 Å². The molecule has 0 atom stereocenters. The summed E-state index contributed by atoms with van der Waals surface area (Å²) in [6.45, 7) is 0.928. The third kappa shape index (κ3) is 4.31. The van der Waals surface area contributed by atoms with E-state index in [-0.39, 0.29) is 5.96 Å². The second-order valence-corrected chi connectivity index (χ2v) is 3.99. The van der Waals surface area contributed by atoms with Crippen LogP contribution in [0.15, 0.2) is 53.7 Å². The van der Waals surface area contributed by atoms with Crippen LogP contribution in [0.1, 0.15) is 11.3 Å². The number of hydrogen-bond acceptors (Lipinski definition) is 3. The quantitative estimate of drug-likeness (QED) is 0.626. The number of benzene rings is 1. The molecule has 98 valence electrons. The van der Waals surface area contributed by atoms with Gasteiger partial charge in [-0.3, -0.25) is 4.98 Å². The monoisotopic (exact) mass is 256 g/mol. The Kier molecular flexibility index (Phi) is 4.34. The summed E-state index contributed by atoms with van der Waals surface area (Å²) in [5, 5.41) is 0. The maximum atomic E-state index is 5.62. The van der Waals surface area contributed by atoms with Crippen molar-refractivity contribution in [2.45, 2.75) is 13.2 Å². The van der Waals surface area contributed by atoms with Crippen LogP contribution in [0.3, 0.4) is 0 Å². The van der Waals surface area contributed by atoms with Gasteiger partial charge in [-0.1, -0.05) is 18.2 Å². The Labute approximate surface area is 111 Å². The van der Waals surface area contributed by atoms with Crippen LogP contribution < -0.4 is 16.2 Å². The molecule has 0 spiro atoms. The zero-order valence-corrected chi connectivity index (χ0v) is 10.5. The molecule has 4 N–H and O–H groups in total. The Bertz CT molecular complexity index is 533. The van der Waals surface area contributed by atoms with Gasteiger partial charge in [0.25, 0.3) is 0 Å². The first-order chi connectivity index (χ1) is 9.24. The largest absolute Gasteiger partial charge is 0.487 e. The SMILES string of the molecule is NC(N)=NCc1ccc(OCc2ccccn2)cc1. The highest BCUT2D eigenvalue weighted by Crippen LogP contribution is 2.14. The molecule has 1 heterocycles. The molecule has 5 heteroatoms. The van der Waals surface area contributed by atoms with Gasteiger partial charge in [0.15, 0.2) is 5.96 Å². The summed E-state index contributed by atoms with van der Waals surface area (Å²) < 4.78 is 5.62. The molecule has 0 aliphatic rings. The molecule has 0 bridgehead atoms. The fraction of sp³-hybridized carbons (Fsp3) is 0.143. The van der Waals surface area contributed by atoms with E-state index in [1.165, 1.54) is 0 Å². The zero-order valence-electron chi connectivity index (χ0n) is 10.5. The second kappa shape index (κ2) is 6.39. The summed E-state index contributed by atoms with van der Waals surface area (Å²) in [6, 6.07) is 13.4. The summed E-state index contributed by atoms with van der Waals surface area (Å²) in [6.07, 6.45) is 1.75. The van der Waals surface area contributed by atoms with Crippen LogP contribution in [0.5, 0.6) is 5.75 Å². The van der Waals surface area contributed by atoms with Gasteiger partial charge in [-0.05, 0) is 29.8 Å². The molecular weight excluding hydrogens is 240 g/mol. The van der Waals surface area contributed by atoms with Gasteiger partial charge in [-0.15, -0.1) is 0 Å². The van der Waals surface area contributed by atoms with Crippen molar-refractivity contribution in [2.75, 3.05) is 0 Å². The van der Waals surface area contributed by atoms with E-state index in [0.717, 1.165) is 17.0 Å². The van der Waals surface area contributed by atoms with Crippen molar-refractivity contribution in [3.05, 3.63) is 59.9 Å². The molecule has 0 saturated heterocycles. The molecule has 5 nitrogen and oxygen atoms in total. The third-order valence-corrected chi connectivity index (χ3v) is 2.48. The summed E-state index contributed by atoms with van der Waals surface area (Å²) >= 11 is 0. The molecule has 0 unspecified atom stereocenters. The van der Waals surface area contributed by atoms with Gasteiger partial charge in [0.1, 0.15) is 12.4 Å². The zero-order chi connectivity index (χ0) is 13.5. The highest BCUT2D eigenvalue weighted by atomic mass is 16.5. The fourth-order valence-electron chi connectivity index (χ4n) is 1.51. The van der Waals surface area contributed by atoms with E-state index in [2.05, 4.69) is 9.98 Å². The van der Waals surface area contributed by atoms with Crippen LogP contribution >= 0.6 is 0 Å². The Balaban J connectivity index is 1.90.